The lowest BCUT2D eigenvalue weighted by Crippen LogP contribution is -2.38. The molecule has 2 aromatic carbocycles. The van der Waals surface area contributed by atoms with E-state index in [1.807, 2.05) is 24.3 Å². The molecule has 3 rings (SSSR count). The molecule has 1 saturated carbocycles. The van der Waals surface area contributed by atoms with Crippen molar-refractivity contribution < 1.29 is 8.42 Å². The van der Waals surface area contributed by atoms with Gasteiger partial charge in [-0.25, -0.2) is 13.1 Å². The fourth-order valence-electron chi connectivity index (χ4n) is 3.39. The monoisotopic (exact) mass is 381 g/mol. The lowest BCUT2D eigenvalue weighted by Gasteiger charge is -2.27. The number of hydrogen-bond donors (Lipinski definition) is 1. The number of nitrogens with one attached hydrogen (secondary N) is 1. The van der Waals surface area contributed by atoms with Crippen LogP contribution in [-0.4, -0.2) is 14.5 Å². The van der Waals surface area contributed by atoms with Crippen LogP contribution in [0.3, 0.4) is 0 Å². The standard InChI is InChI=1S/C23H27NO2S/c1-16(2)20-8-6-9-21(15-20)19-11-13-22(14-12-19)27(25,26)24-23-10-5-7-17(3)18(23)4/h6,8-9,11-16,23-24H,3-5,7,10H2,1-2H3. The maximum atomic E-state index is 12.8. The summed E-state index contributed by atoms with van der Waals surface area (Å²) in [6.07, 6.45) is 2.58. The summed E-state index contributed by atoms with van der Waals surface area (Å²) in [6.45, 7) is 12.3. The van der Waals surface area contributed by atoms with Gasteiger partial charge in [0.1, 0.15) is 0 Å². The van der Waals surface area contributed by atoms with Crippen molar-refractivity contribution in [1.29, 1.82) is 0 Å². The van der Waals surface area contributed by atoms with Crippen LogP contribution in [0.2, 0.25) is 0 Å². The average molecular weight is 382 g/mol. The predicted octanol–water partition coefficient (Wildman–Crippen LogP) is 5.42. The van der Waals surface area contributed by atoms with Gasteiger partial charge in [-0.1, -0.05) is 69.0 Å². The molecule has 0 aromatic heterocycles. The Labute approximate surface area is 162 Å². The molecule has 0 aliphatic heterocycles. The van der Waals surface area contributed by atoms with E-state index in [1.165, 1.54) is 5.56 Å². The fraction of sp³-hybridized carbons (Fsp3) is 0.304. The molecule has 142 valence electrons. The Kier molecular flexibility index (Phi) is 5.68. The highest BCUT2D eigenvalue weighted by Crippen LogP contribution is 2.28. The molecule has 1 aliphatic carbocycles. The SMILES string of the molecule is C=C1CCCC(NS(=O)(=O)c2ccc(-c3cccc(C(C)C)c3)cc2)C1=C. The average Bonchev–Trinajstić information content (AvgIpc) is 2.65. The minimum atomic E-state index is -3.59. The lowest BCUT2D eigenvalue weighted by molar-refractivity contribution is 0.531. The quantitative estimate of drug-likeness (QED) is 0.751. The second-order valence-electron chi connectivity index (χ2n) is 7.50. The Morgan fingerprint density at radius 2 is 1.74 bits per heavy atom. The summed E-state index contributed by atoms with van der Waals surface area (Å²) in [5.41, 5.74) is 5.10. The zero-order valence-corrected chi connectivity index (χ0v) is 16.9. The van der Waals surface area contributed by atoms with Crippen LogP contribution in [0.4, 0.5) is 0 Å². The first-order valence-electron chi connectivity index (χ1n) is 9.37. The van der Waals surface area contributed by atoms with Crippen molar-refractivity contribution in [2.75, 3.05) is 0 Å². The summed E-state index contributed by atoms with van der Waals surface area (Å²) in [5.74, 6) is 0.451. The highest BCUT2D eigenvalue weighted by molar-refractivity contribution is 7.89. The number of sulfonamides is 1. The Morgan fingerprint density at radius 1 is 1.04 bits per heavy atom. The second-order valence-corrected chi connectivity index (χ2v) is 9.21. The number of rotatable bonds is 5. The van der Waals surface area contributed by atoms with E-state index >= 15 is 0 Å². The molecular formula is C23H27NO2S. The first kappa shape index (κ1) is 19.6. The third-order valence-electron chi connectivity index (χ3n) is 5.19. The highest BCUT2D eigenvalue weighted by atomic mass is 32.2. The first-order chi connectivity index (χ1) is 12.8. The molecule has 4 heteroatoms. The minimum absolute atomic E-state index is 0.265. The van der Waals surface area contributed by atoms with Crippen molar-refractivity contribution in [2.45, 2.75) is 50.0 Å². The number of hydrogen-bond acceptors (Lipinski definition) is 2. The molecule has 0 radical (unpaired) electrons. The summed E-state index contributed by atoms with van der Waals surface area (Å²) in [5, 5.41) is 0. The fourth-order valence-corrected chi connectivity index (χ4v) is 4.66. The maximum Gasteiger partial charge on any atom is 0.241 e. The molecule has 0 heterocycles. The molecule has 1 N–H and O–H groups in total. The zero-order valence-electron chi connectivity index (χ0n) is 16.0. The molecule has 1 atom stereocenters. The molecule has 1 fully saturated rings. The Bertz CT molecular complexity index is 956. The van der Waals surface area contributed by atoms with Crippen LogP contribution >= 0.6 is 0 Å². The third-order valence-corrected chi connectivity index (χ3v) is 6.68. The van der Waals surface area contributed by atoms with Crippen LogP contribution in [-0.2, 0) is 10.0 Å². The molecule has 0 amide bonds. The molecule has 0 bridgehead atoms. The van der Waals surface area contributed by atoms with Crippen molar-refractivity contribution >= 4 is 10.0 Å². The van der Waals surface area contributed by atoms with E-state index in [1.54, 1.807) is 12.1 Å². The predicted molar refractivity (Wildman–Crippen MR) is 112 cm³/mol. The van der Waals surface area contributed by atoms with Gasteiger partial charge in [-0.15, -0.1) is 0 Å². The van der Waals surface area contributed by atoms with E-state index in [2.05, 4.69) is 43.9 Å². The van der Waals surface area contributed by atoms with Gasteiger partial charge in [0.25, 0.3) is 0 Å². The maximum absolute atomic E-state index is 12.8. The summed E-state index contributed by atoms with van der Waals surface area (Å²) in [7, 11) is -3.59. The first-order valence-corrected chi connectivity index (χ1v) is 10.9. The van der Waals surface area contributed by atoms with E-state index in [0.717, 1.165) is 41.5 Å². The Hall–Kier alpha value is -2.17. The second kappa shape index (κ2) is 7.83. The van der Waals surface area contributed by atoms with Gasteiger partial charge in [0.2, 0.25) is 10.0 Å². The van der Waals surface area contributed by atoms with Gasteiger partial charge >= 0.3 is 0 Å². The van der Waals surface area contributed by atoms with Crippen molar-refractivity contribution in [3.63, 3.8) is 0 Å². The van der Waals surface area contributed by atoms with Crippen LogP contribution in [0, 0.1) is 0 Å². The van der Waals surface area contributed by atoms with E-state index in [-0.39, 0.29) is 10.9 Å². The van der Waals surface area contributed by atoms with Crippen LogP contribution in [0.1, 0.15) is 44.6 Å². The van der Waals surface area contributed by atoms with Crippen molar-refractivity contribution in [2.24, 2.45) is 0 Å². The van der Waals surface area contributed by atoms with E-state index in [9.17, 15) is 8.42 Å². The van der Waals surface area contributed by atoms with E-state index in [4.69, 9.17) is 0 Å². The van der Waals surface area contributed by atoms with Gasteiger partial charge in [0.05, 0.1) is 4.90 Å². The van der Waals surface area contributed by atoms with Crippen molar-refractivity contribution in [1.82, 2.24) is 4.72 Å². The number of benzene rings is 2. The van der Waals surface area contributed by atoms with Crippen LogP contribution in [0.5, 0.6) is 0 Å². The molecular weight excluding hydrogens is 354 g/mol. The van der Waals surface area contributed by atoms with Gasteiger partial charge in [0.15, 0.2) is 0 Å². The van der Waals surface area contributed by atoms with Gasteiger partial charge in [0, 0.05) is 6.04 Å². The molecule has 3 nitrogen and oxygen atoms in total. The molecule has 0 saturated heterocycles. The largest absolute Gasteiger partial charge is 0.241 e. The third kappa shape index (κ3) is 4.40. The summed E-state index contributed by atoms with van der Waals surface area (Å²) >= 11 is 0. The normalized spacial score (nSPS) is 18.1. The smallest absolute Gasteiger partial charge is 0.207 e. The Balaban J connectivity index is 1.81. The lowest BCUT2D eigenvalue weighted by atomic mass is 9.88. The van der Waals surface area contributed by atoms with Crippen LogP contribution in [0.25, 0.3) is 11.1 Å². The topological polar surface area (TPSA) is 46.2 Å². The van der Waals surface area contributed by atoms with E-state index in [0.29, 0.717) is 5.92 Å². The van der Waals surface area contributed by atoms with Gasteiger partial charge in [-0.3, -0.25) is 0 Å². The van der Waals surface area contributed by atoms with Crippen LogP contribution < -0.4 is 4.72 Å². The molecule has 0 spiro atoms. The molecule has 2 aromatic rings. The summed E-state index contributed by atoms with van der Waals surface area (Å²) < 4.78 is 28.3. The van der Waals surface area contributed by atoms with Gasteiger partial charge in [-0.2, -0.15) is 0 Å². The molecule has 1 aliphatic rings. The highest BCUT2D eigenvalue weighted by Gasteiger charge is 2.25. The summed E-state index contributed by atoms with van der Waals surface area (Å²) in [6, 6.07) is 15.2. The van der Waals surface area contributed by atoms with Crippen LogP contribution in [0.15, 0.2) is 77.7 Å². The minimum Gasteiger partial charge on any atom is -0.207 e. The molecule has 27 heavy (non-hydrogen) atoms. The van der Waals surface area contributed by atoms with Gasteiger partial charge < -0.3 is 0 Å². The zero-order chi connectivity index (χ0) is 19.6. The van der Waals surface area contributed by atoms with Crippen molar-refractivity contribution in [3.8, 4) is 11.1 Å². The Morgan fingerprint density at radius 3 is 2.41 bits per heavy atom. The summed E-state index contributed by atoms with van der Waals surface area (Å²) in [4.78, 5) is 0.273. The molecule has 1 unspecified atom stereocenters. The van der Waals surface area contributed by atoms with Crippen molar-refractivity contribution in [3.05, 3.63) is 78.4 Å². The van der Waals surface area contributed by atoms with Gasteiger partial charge in [-0.05, 0) is 59.6 Å². The van der Waals surface area contributed by atoms with E-state index < -0.39 is 10.0 Å².